The summed E-state index contributed by atoms with van der Waals surface area (Å²) in [7, 11) is -1.90. The number of hydrogen-bond acceptors (Lipinski definition) is 4. The van der Waals surface area contributed by atoms with Crippen molar-refractivity contribution in [2.45, 2.75) is 31.6 Å². The lowest BCUT2D eigenvalue weighted by atomic mass is 9.98. The summed E-state index contributed by atoms with van der Waals surface area (Å²) in [5, 5.41) is 3.58. The van der Waals surface area contributed by atoms with Gasteiger partial charge < -0.3 is 10.1 Å². The average molecular weight is 451 g/mol. The first-order valence-electron chi connectivity index (χ1n) is 9.95. The molecule has 2 unspecified atom stereocenters. The Morgan fingerprint density at radius 2 is 1.87 bits per heavy atom. The Hall–Kier alpha value is -2.09. The van der Waals surface area contributed by atoms with Gasteiger partial charge in [0.05, 0.1) is 24.8 Å². The highest BCUT2D eigenvalue weighted by atomic mass is 35.5. The molecule has 1 heterocycles. The minimum Gasteiger partial charge on any atom is -0.497 e. The van der Waals surface area contributed by atoms with E-state index in [2.05, 4.69) is 5.32 Å². The summed E-state index contributed by atoms with van der Waals surface area (Å²) in [6.45, 7) is 2.56. The third kappa shape index (κ3) is 5.74. The third-order valence-corrected chi connectivity index (χ3v) is 7.45. The van der Waals surface area contributed by atoms with Crippen LogP contribution in [0.25, 0.3) is 0 Å². The van der Waals surface area contributed by atoms with Gasteiger partial charge in [-0.05, 0) is 55.2 Å². The number of benzene rings is 2. The van der Waals surface area contributed by atoms with Crippen LogP contribution in [0.1, 0.15) is 36.9 Å². The molecule has 162 valence electrons. The van der Waals surface area contributed by atoms with E-state index in [1.807, 2.05) is 31.2 Å². The fraction of sp³-hybridized carbons (Fsp3) is 0.409. The summed E-state index contributed by atoms with van der Waals surface area (Å²) in [5.74, 6) is 0.177. The highest BCUT2D eigenvalue weighted by molar-refractivity contribution is 7.88. The third-order valence-electron chi connectivity index (χ3n) is 5.39. The average Bonchev–Trinajstić information content (AvgIpc) is 2.75. The molecule has 3 rings (SSSR count). The lowest BCUT2D eigenvalue weighted by molar-refractivity contribution is -0.126. The fourth-order valence-corrected chi connectivity index (χ4v) is 5.34. The second-order valence-electron chi connectivity index (χ2n) is 7.58. The minimum atomic E-state index is -3.51. The lowest BCUT2D eigenvalue weighted by Gasteiger charge is -2.32. The number of sulfonamides is 1. The molecule has 2 atom stereocenters. The van der Waals surface area contributed by atoms with E-state index in [1.165, 1.54) is 4.31 Å². The molecule has 1 fully saturated rings. The first-order chi connectivity index (χ1) is 14.3. The number of amides is 1. The summed E-state index contributed by atoms with van der Waals surface area (Å²) in [6, 6.07) is 14.1. The molecule has 2 aromatic rings. The molecule has 2 aromatic carbocycles. The van der Waals surface area contributed by atoms with Gasteiger partial charge in [-0.15, -0.1) is 0 Å². The van der Waals surface area contributed by atoms with Crippen molar-refractivity contribution in [3.05, 3.63) is 64.7 Å². The van der Waals surface area contributed by atoms with Gasteiger partial charge in [-0.3, -0.25) is 4.79 Å². The van der Waals surface area contributed by atoms with Gasteiger partial charge in [0, 0.05) is 18.1 Å². The molecule has 1 aliphatic rings. The molecule has 0 aromatic heterocycles. The molecule has 8 heteroatoms. The number of piperidine rings is 1. The Bertz CT molecular complexity index is 962. The Balaban J connectivity index is 1.61. The Kier molecular flexibility index (Phi) is 7.39. The monoisotopic (exact) mass is 450 g/mol. The predicted octanol–water partition coefficient (Wildman–Crippen LogP) is 3.77. The molecule has 0 aliphatic carbocycles. The topological polar surface area (TPSA) is 75.7 Å². The highest BCUT2D eigenvalue weighted by Gasteiger charge is 2.32. The summed E-state index contributed by atoms with van der Waals surface area (Å²) < 4.78 is 32.3. The van der Waals surface area contributed by atoms with E-state index < -0.39 is 10.0 Å². The van der Waals surface area contributed by atoms with E-state index in [-0.39, 0.29) is 30.2 Å². The Labute approximate surface area is 183 Å². The van der Waals surface area contributed by atoms with Crippen molar-refractivity contribution in [1.82, 2.24) is 9.62 Å². The second kappa shape index (κ2) is 9.81. The van der Waals surface area contributed by atoms with Crippen molar-refractivity contribution < 1.29 is 17.9 Å². The normalized spacial score (nSPS) is 18.6. The van der Waals surface area contributed by atoms with Gasteiger partial charge in [0.25, 0.3) is 0 Å². The number of carbonyl (C=O) groups excluding carboxylic acids is 1. The van der Waals surface area contributed by atoms with Crippen LogP contribution >= 0.6 is 11.6 Å². The fourth-order valence-electron chi connectivity index (χ4n) is 3.60. The summed E-state index contributed by atoms with van der Waals surface area (Å²) in [4.78, 5) is 12.8. The van der Waals surface area contributed by atoms with E-state index in [4.69, 9.17) is 16.3 Å². The van der Waals surface area contributed by atoms with Gasteiger partial charge in [0.2, 0.25) is 15.9 Å². The van der Waals surface area contributed by atoms with Crippen molar-refractivity contribution in [1.29, 1.82) is 0 Å². The van der Waals surface area contributed by atoms with Crippen LogP contribution < -0.4 is 10.1 Å². The maximum Gasteiger partial charge on any atom is 0.224 e. The van der Waals surface area contributed by atoms with E-state index in [0.717, 1.165) is 11.3 Å². The van der Waals surface area contributed by atoms with Crippen LogP contribution in [-0.4, -0.2) is 38.8 Å². The van der Waals surface area contributed by atoms with Gasteiger partial charge in [-0.2, -0.15) is 0 Å². The maximum absolute atomic E-state index is 12.9. The van der Waals surface area contributed by atoms with Crippen molar-refractivity contribution in [3.63, 3.8) is 0 Å². The van der Waals surface area contributed by atoms with Crippen LogP contribution in [0.3, 0.4) is 0 Å². The van der Waals surface area contributed by atoms with E-state index >= 15 is 0 Å². The Morgan fingerprint density at radius 3 is 2.50 bits per heavy atom. The van der Waals surface area contributed by atoms with Crippen LogP contribution in [0.2, 0.25) is 5.02 Å². The number of ether oxygens (including phenoxy) is 1. The minimum absolute atomic E-state index is 0.0965. The van der Waals surface area contributed by atoms with E-state index in [0.29, 0.717) is 30.0 Å². The van der Waals surface area contributed by atoms with Gasteiger partial charge in [-0.1, -0.05) is 35.9 Å². The number of methoxy groups -OCH3 is 1. The van der Waals surface area contributed by atoms with Crippen molar-refractivity contribution in [2.75, 3.05) is 20.2 Å². The largest absolute Gasteiger partial charge is 0.497 e. The zero-order valence-corrected chi connectivity index (χ0v) is 18.7. The lowest BCUT2D eigenvalue weighted by Crippen LogP contribution is -2.46. The Morgan fingerprint density at radius 1 is 1.20 bits per heavy atom. The molecular formula is C22H27ClN2O4S. The predicted molar refractivity (Wildman–Crippen MR) is 118 cm³/mol. The van der Waals surface area contributed by atoms with Gasteiger partial charge in [-0.25, -0.2) is 12.7 Å². The molecule has 0 radical (unpaired) electrons. The van der Waals surface area contributed by atoms with Crippen LogP contribution in [0, 0.1) is 5.92 Å². The second-order valence-corrected chi connectivity index (χ2v) is 9.99. The molecule has 0 saturated carbocycles. The van der Waals surface area contributed by atoms with Gasteiger partial charge >= 0.3 is 0 Å². The van der Waals surface area contributed by atoms with Gasteiger partial charge in [0.15, 0.2) is 0 Å². The smallest absolute Gasteiger partial charge is 0.224 e. The molecule has 0 bridgehead atoms. The van der Waals surface area contributed by atoms with Crippen LogP contribution in [0.4, 0.5) is 0 Å². The first-order valence-corrected chi connectivity index (χ1v) is 11.9. The van der Waals surface area contributed by atoms with Crippen LogP contribution in [0.15, 0.2) is 48.5 Å². The molecule has 1 amide bonds. The number of rotatable bonds is 7. The number of carbonyl (C=O) groups is 1. The number of hydrogen-bond donors (Lipinski definition) is 1. The van der Waals surface area contributed by atoms with Crippen LogP contribution in [-0.2, 0) is 20.6 Å². The van der Waals surface area contributed by atoms with E-state index in [1.54, 1.807) is 31.4 Å². The molecule has 0 spiro atoms. The number of nitrogens with one attached hydrogen (secondary N) is 1. The first kappa shape index (κ1) is 22.6. The molecule has 30 heavy (non-hydrogen) atoms. The summed E-state index contributed by atoms with van der Waals surface area (Å²) in [6.07, 6.45) is 1.34. The SMILES string of the molecule is COc1ccc(C(C)NC(=O)C2CCCN(S(=O)(=O)Cc3ccc(Cl)cc3)C2)cc1. The highest BCUT2D eigenvalue weighted by Crippen LogP contribution is 2.24. The summed E-state index contributed by atoms with van der Waals surface area (Å²) in [5.41, 5.74) is 1.64. The molecule has 1 aliphatic heterocycles. The quantitative estimate of drug-likeness (QED) is 0.696. The maximum atomic E-state index is 12.9. The molecule has 1 N–H and O–H groups in total. The summed E-state index contributed by atoms with van der Waals surface area (Å²) >= 11 is 5.88. The standard InChI is InChI=1S/C22H27ClN2O4S/c1-16(18-7-11-21(29-2)12-8-18)24-22(26)19-4-3-13-25(14-19)30(27,28)15-17-5-9-20(23)10-6-17/h5-12,16,19H,3-4,13-15H2,1-2H3,(H,24,26). The van der Waals surface area contributed by atoms with Crippen molar-refractivity contribution in [3.8, 4) is 5.75 Å². The number of halogens is 1. The van der Waals surface area contributed by atoms with Gasteiger partial charge in [0.1, 0.15) is 5.75 Å². The number of nitrogens with zero attached hydrogens (tertiary/aromatic N) is 1. The van der Waals surface area contributed by atoms with Crippen molar-refractivity contribution in [2.24, 2.45) is 5.92 Å². The van der Waals surface area contributed by atoms with E-state index in [9.17, 15) is 13.2 Å². The van der Waals surface area contributed by atoms with Crippen LogP contribution in [0.5, 0.6) is 5.75 Å². The zero-order valence-electron chi connectivity index (χ0n) is 17.2. The molecule has 1 saturated heterocycles. The van der Waals surface area contributed by atoms with Crippen molar-refractivity contribution >= 4 is 27.5 Å². The molecular weight excluding hydrogens is 424 g/mol. The zero-order chi connectivity index (χ0) is 21.7. The molecule has 6 nitrogen and oxygen atoms in total.